The number of benzene rings is 1. The molecule has 0 aliphatic rings. The minimum absolute atomic E-state index is 1.05. The van der Waals surface area contributed by atoms with Gasteiger partial charge in [0.1, 0.15) is 0 Å². The predicted octanol–water partition coefficient (Wildman–Crippen LogP) is 1.69. The van der Waals surface area contributed by atoms with E-state index in [2.05, 4.69) is 42.7 Å². The summed E-state index contributed by atoms with van der Waals surface area (Å²) in [5, 5.41) is 1.31. The fourth-order valence-corrected chi connectivity index (χ4v) is 4.23. The lowest BCUT2D eigenvalue weighted by atomic mass is 10.4. The molecule has 0 saturated heterocycles. The molecule has 1 rings (SSSR count). The molecule has 0 bridgehead atoms. The van der Waals surface area contributed by atoms with Gasteiger partial charge in [-0.2, -0.15) is 0 Å². The van der Waals surface area contributed by atoms with E-state index in [9.17, 15) is 0 Å². The average Bonchev–Trinajstić information content (AvgIpc) is 2.21. The van der Waals surface area contributed by atoms with Gasteiger partial charge in [0.15, 0.2) is 0 Å². The maximum atomic E-state index is 6.44. The highest BCUT2D eigenvalue weighted by atomic mass is 35.6. The molecule has 3 heteroatoms. The van der Waals surface area contributed by atoms with Crippen LogP contribution in [0.15, 0.2) is 30.3 Å². The Morgan fingerprint density at radius 3 is 2.15 bits per heavy atom. The maximum Gasteiger partial charge on any atom is 0.244 e. The van der Waals surface area contributed by atoms with Crippen molar-refractivity contribution in [2.45, 2.75) is 13.8 Å². The average molecular weight is 214 g/mol. The lowest BCUT2D eigenvalue weighted by Gasteiger charge is -2.23. The highest BCUT2D eigenvalue weighted by molar-refractivity contribution is 7.12. The van der Waals surface area contributed by atoms with E-state index < -0.39 is 8.27 Å². The fourth-order valence-electron chi connectivity index (χ4n) is 1.37. The largest absolute Gasteiger partial charge is 0.311 e. The lowest BCUT2D eigenvalue weighted by molar-refractivity contribution is 0.494. The molecule has 0 aliphatic heterocycles. The molecule has 0 radical (unpaired) electrons. The van der Waals surface area contributed by atoms with Gasteiger partial charge in [-0.05, 0) is 18.3 Å². The molecule has 1 nitrogen and oxygen atoms in total. The predicted molar refractivity (Wildman–Crippen MR) is 62.0 cm³/mol. The van der Waals surface area contributed by atoms with Crippen LogP contribution in [0.1, 0.15) is 13.8 Å². The van der Waals surface area contributed by atoms with Gasteiger partial charge in [0.05, 0.1) is 0 Å². The molecule has 0 heterocycles. The molecule has 0 N–H and O–H groups in total. The quantitative estimate of drug-likeness (QED) is 0.544. The van der Waals surface area contributed by atoms with Crippen LogP contribution >= 0.6 is 11.1 Å². The molecule has 1 aromatic carbocycles. The molecule has 0 amide bonds. The molecule has 1 aromatic rings. The van der Waals surface area contributed by atoms with Crippen LogP contribution in [0.2, 0.25) is 0 Å². The summed E-state index contributed by atoms with van der Waals surface area (Å²) < 4.78 is 2.36. The van der Waals surface area contributed by atoms with E-state index in [-0.39, 0.29) is 0 Å². The van der Waals surface area contributed by atoms with E-state index in [4.69, 9.17) is 11.1 Å². The summed E-state index contributed by atoms with van der Waals surface area (Å²) in [5.41, 5.74) is 0. The van der Waals surface area contributed by atoms with Crippen molar-refractivity contribution in [3.8, 4) is 0 Å². The lowest BCUT2D eigenvalue weighted by Crippen LogP contribution is -2.43. The Balaban J connectivity index is 2.72. The molecule has 0 saturated carbocycles. The molecule has 0 aromatic heterocycles. The number of nitrogens with zero attached hydrogens (tertiary/aromatic N) is 1. The summed E-state index contributed by atoms with van der Waals surface area (Å²) in [6, 6.07) is 10.4. The normalized spacial score (nSPS) is 13.2. The van der Waals surface area contributed by atoms with Gasteiger partial charge in [0.25, 0.3) is 0 Å². The van der Waals surface area contributed by atoms with Gasteiger partial charge >= 0.3 is 0 Å². The second kappa shape index (κ2) is 5.42. The van der Waals surface area contributed by atoms with E-state index in [1.165, 1.54) is 5.19 Å². The van der Waals surface area contributed by atoms with E-state index in [0.29, 0.717) is 0 Å². The molecular formula is C10H16ClNSi. The van der Waals surface area contributed by atoms with Gasteiger partial charge in [-0.25, -0.2) is 0 Å². The van der Waals surface area contributed by atoms with E-state index in [0.717, 1.165) is 13.1 Å². The number of rotatable bonds is 4. The van der Waals surface area contributed by atoms with Gasteiger partial charge < -0.3 is 4.57 Å². The highest BCUT2D eigenvalue weighted by Gasteiger charge is 2.16. The first-order valence-electron chi connectivity index (χ1n) is 4.72. The first kappa shape index (κ1) is 10.8. The van der Waals surface area contributed by atoms with Crippen molar-refractivity contribution in [3.05, 3.63) is 30.3 Å². The molecule has 0 aliphatic carbocycles. The van der Waals surface area contributed by atoms with Crippen molar-refractivity contribution in [1.82, 2.24) is 4.57 Å². The third-order valence-corrected chi connectivity index (χ3v) is 6.10. The zero-order valence-electron chi connectivity index (χ0n) is 8.20. The fraction of sp³-hybridized carbons (Fsp3) is 0.400. The monoisotopic (exact) mass is 213 g/mol. The van der Waals surface area contributed by atoms with Crippen LogP contribution in [0.3, 0.4) is 0 Å². The number of hydrogen-bond donors (Lipinski definition) is 0. The van der Waals surface area contributed by atoms with Gasteiger partial charge in [-0.15, -0.1) is 11.1 Å². The van der Waals surface area contributed by atoms with Gasteiger partial charge in [0.2, 0.25) is 8.27 Å². The van der Waals surface area contributed by atoms with Gasteiger partial charge in [-0.3, -0.25) is 0 Å². The summed E-state index contributed by atoms with van der Waals surface area (Å²) in [4.78, 5) is 0. The Bertz CT molecular complexity index is 236. The van der Waals surface area contributed by atoms with Crippen molar-refractivity contribution in [2.24, 2.45) is 0 Å². The van der Waals surface area contributed by atoms with E-state index in [1.54, 1.807) is 0 Å². The van der Waals surface area contributed by atoms with Crippen molar-refractivity contribution >= 4 is 24.5 Å². The summed E-state index contributed by atoms with van der Waals surface area (Å²) in [6.07, 6.45) is 0. The Morgan fingerprint density at radius 2 is 1.69 bits per heavy atom. The van der Waals surface area contributed by atoms with Crippen LogP contribution < -0.4 is 5.19 Å². The molecule has 72 valence electrons. The van der Waals surface area contributed by atoms with Crippen molar-refractivity contribution in [2.75, 3.05) is 13.1 Å². The third kappa shape index (κ3) is 2.83. The summed E-state index contributed by atoms with van der Waals surface area (Å²) >= 11 is 6.44. The smallest absolute Gasteiger partial charge is 0.244 e. The Hall–Kier alpha value is -0.313. The minimum Gasteiger partial charge on any atom is -0.311 e. The van der Waals surface area contributed by atoms with E-state index >= 15 is 0 Å². The van der Waals surface area contributed by atoms with Crippen LogP contribution in [0.5, 0.6) is 0 Å². The third-order valence-electron chi connectivity index (χ3n) is 2.21. The Labute approximate surface area is 86.7 Å². The first-order valence-corrected chi connectivity index (χ1v) is 7.56. The molecule has 1 unspecified atom stereocenters. The topological polar surface area (TPSA) is 3.24 Å². The number of halogens is 1. The highest BCUT2D eigenvalue weighted by Crippen LogP contribution is 2.00. The molecule has 1 atom stereocenters. The Morgan fingerprint density at radius 1 is 1.15 bits per heavy atom. The second-order valence-corrected chi connectivity index (χ2v) is 6.28. The van der Waals surface area contributed by atoms with Crippen molar-refractivity contribution in [1.29, 1.82) is 0 Å². The minimum atomic E-state index is -1.37. The van der Waals surface area contributed by atoms with Gasteiger partial charge in [0, 0.05) is 0 Å². The van der Waals surface area contributed by atoms with Crippen molar-refractivity contribution in [3.63, 3.8) is 0 Å². The van der Waals surface area contributed by atoms with E-state index in [1.807, 2.05) is 6.07 Å². The van der Waals surface area contributed by atoms with Crippen LogP contribution in [0.25, 0.3) is 0 Å². The van der Waals surface area contributed by atoms with Crippen LogP contribution in [-0.2, 0) is 0 Å². The molecule has 13 heavy (non-hydrogen) atoms. The maximum absolute atomic E-state index is 6.44. The zero-order chi connectivity index (χ0) is 9.68. The van der Waals surface area contributed by atoms with Crippen molar-refractivity contribution < 1.29 is 0 Å². The SMILES string of the molecule is CCN(CC)[SiH](Cl)c1ccccc1. The van der Waals surface area contributed by atoms with Gasteiger partial charge in [-0.1, -0.05) is 44.2 Å². The molecular weight excluding hydrogens is 198 g/mol. The number of hydrogen-bond acceptors (Lipinski definition) is 1. The van der Waals surface area contributed by atoms with Crippen LogP contribution in [-0.4, -0.2) is 25.9 Å². The standard InChI is InChI=1S/C10H16ClNSi/c1-3-12(4-2)13(11)10-8-6-5-7-9-10/h5-9,13H,3-4H2,1-2H3. The summed E-state index contributed by atoms with van der Waals surface area (Å²) in [7, 11) is -1.37. The summed E-state index contributed by atoms with van der Waals surface area (Å²) in [6.45, 7) is 6.42. The first-order chi connectivity index (χ1) is 6.29. The Kier molecular flexibility index (Phi) is 4.49. The molecule has 0 spiro atoms. The zero-order valence-corrected chi connectivity index (χ0v) is 10.1. The second-order valence-electron chi connectivity index (χ2n) is 2.97. The van der Waals surface area contributed by atoms with Crippen LogP contribution in [0, 0.1) is 0 Å². The van der Waals surface area contributed by atoms with Crippen LogP contribution in [0.4, 0.5) is 0 Å². The summed E-state index contributed by atoms with van der Waals surface area (Å²) in [5.74, 6) is 0. The molecule has 0 fully saturated rings.